The second-order valence-electron chi connectivity index (χ2n) is 6.08. The molecule has 0 radical (unpaired) electrons. The Morgan fingerprint density at radius 1 is 1.42 bits per heavy atom. The third-order valence-electron chi connectivity index (χ3n) is 4.28. The SMILES string of the molecule is Cc1nn(CC(=O)O)c2c1C(c1ccc3c(c1)OC(F)(F)O3)CC(=O)N2. The number of ether oxygens (including phenoxy) is 2. The van der Waals surface area contributed by atoms with Crippen LogP contribution in [0.1, 0.15) is 29.2 Å². The van der Waals surface area contributed by atoms with E-state index in [1.807, 2.05) is 0 Å². The minimum absolute atomic E-state index is 0.0721. The van der Waals surface area contributed by atoms with Gasteiger partial charge in [-0.2, -0.15) is 5.10 Å². The van der Waals surface area contributed by atoms with Gasteiger partial charge in [0.05, 0.1) is 5.69 Å². The van der Waals surface area contributed by atoms with Crippen molar-refractivity contribution in [3.05, 3.63) is 35.0 Å². The van der Waals surface area contributed by atoms with Gasteiger partial charge in [0, 0.05) is 17.9 Å². The van der Waals surface area contributed by atoms with Crippen molar-refractivity contribution in [3.63, 3.8) is 0 Å². The number of amides is 1. The van der Waals surface area contributed by atoms with Crippen LogP contribution in [0.25, 0.3) is 0 Å². The van der Waals surface area contributed by atoms with E-state index in [0.29, 0.717) is 22.6 Å². The second-order valence-corrected chi connectivity index (χ2v) is 6.08. The summed E-state index contributed by atoms with van der Waals surface area (Å²) in [5.74, 6) is -1.79. The van der Waals surface area contributed by atoms with E-state index in [4.69, 9.17) is 5.11 Å². The predicted molar refractivity (Wildman–Crippen MR) is 82.3 cm³/mol. The molecule has 136 valence electrons. The molecule has 3 heterocycles. The lowest BCUT2D eigenvalue weighted by Crippen LogP contribution is -2.26. The quantitative estimate of drug-likeness (QED) is 0.863. The number of nitrogens with one attached hydrogen (secondary N) is 1. The van der Waals surface area contributed by atoms with Gasteiger partial charge in [0.15, 0.2) is 11.5 Å². The van der Waals surface area contributed by atoms with Gasteiger partial charge in [-0.05, 0) is 24.6 Å². The molecule has 2 aromatic rings. The average Bonchev–Trinajstić information content (AvgIpc) is 3.00. The lowest BCUT2D eigenvalue weighted by Gasteiger charge is -2.24. The van der Waals surface area contributed by atoms with E-state index < -0.39 is 24.7 Å². The molecule has 0 bridgehead atoms. The fourth-order valence-electron chi connectivity index (χ4n) is 3.32. The standard InChI is InChI=1S/C16H13F2N3O5/c1-7-14-9(5-12(22)19-15(14)21(20-7)6-13(23)24)8-2-3-10-11(4-8)26-16(17,18)25-10/h2-4,9H,5-6H2,1H3,(H,19,22)(H,23,24). The van der Waals surface area contributed by atoms with E-state index in [9.17, 15) is 18.4 Å². The van der Waals surface area contributed by atoms with Crippen molar-refractivity contribution in [1.82, 2.24) is 9.78 Å². The maximum Gasteiger partial charge on any atom is 0.586 e. The number of halogens is 2. The van der Waals surface area contributed by atoms with Gasteiger partial charge < -0.3 is 19.9 Å². The van der Waals surface area contributed by atoms with Gasteiger partial charge in [-0.1, -0.05) is 6.07 Å². The number of carboxylic acid groups (broad SMARTS) is 1. The minimum atomic E-state index is -3.72. The van der Waals surface area contributed by atoms with Crippen molar-refractivity contribution in [2.24, 2.45) is 0 Å². The van der Waals surface area contributed by atoms with E-state index in [-0.39, 0.29) is 23.8 Å². The first-order chi connectivity index (χ1) is 12.2. The molecule has 0 fully saturated rings. The van der Waals surface area contributed by atoms with Gasteiger partial charge in [-0.3, -0.25) is 9.59 Å². The molecule has 10 heteroatoms. The largest absolute Gasteiger partial charge is 0.586 e. The Balaban J connectivity index is 1.77. The summed E-state index contributed by atoms with van der Waals surface area (Å²) in [6.45, 7) is 1.29. The molecule has 4 rings (SSSR count). The zero-order chi connectivity index (χ0) is 18.6. The molecule has 1 unspecified atom stereocenters. The van der Waals surface area contributed by atoms with E-state index in [1.165, 1.54) is 16.8 Å². The van der Waals surface area contributed by atoms with Gasteiger partial charge in [0.25, 0.3) is 0 Å². The van der Waals surface area contributed by atoms with Crippen molar-refractivity contribution in [2.45, 2.75) is 32.1 Å². The van der Waals surface area contributed by atoms with Gasteiger partial charge in [0.1, 0.15) is 12.4 Å². The normalized spacial score (nSPS) is 19.8. The topological polar surface area (TPSA) is 103 Å². The highest BCUT2D eigenvalue weighted by atomic mass is 19.3. The number of benzene rings is 1. The first kappa shape index (κ1) is 16.3. The van der Waals surface area contributed by atoms with Crippen LogP contribution in [0.5, 0.6) is 11.5 Å². The number of anilines is 1. The molecule has 1 aromatic carbocycles. The molecule has 2 aliphatic rings. The summed E-state index contributed by atoms with van der Waals surface area (Å²) in [5, 5.41) is 15.8. The van der Waals surface area contributed by atoms with Crippen LogP contribution in [-0.4, -0.2) is 33.1 Å². The summed E-state index contributed by atoms with van der Waals surface area (Å²) in [6, 6.07) is 4.33. The Hall–Kier alpha value is -3.17. The van der Waals surface area contributed by atoms with Crippen LogP contribution in [0.3, 0.4) is 0 Å². The van der Waals surface area contributed by atoms with Gasteiger partial charge in [-0.15, -0.1) is 8.78 Å². The molecule has 2 N–H and O–H groups in total. The summed E-state index contributed by atoms with van der Waals surface area (Å²) in [5.41, 5.74) is 1.77. The average molecular weight is 365 g/mol. The lowest BCUT2D eigenvalue weighted by molar-refractivity contribution is -0.286. The number of hydrogen-bond acceptors (Lipinski definition) is 5. The lowest BCUT2D eigenvalue weighted by atomic mass is 9.85. The monoisotopic (exact) mass is 365 g/mol. The summed E-state index contributed by atoms with van der Waals surface area (Å²) >= 11 is 0. The smallest absolute Gasteiger partial charge is 0.480 e. The molecule has 8 nitrogen and oxygen atoms in total. The number of nitrogens with zero attached hydrogens (tertiary/aromatic N) is 2. The van der Waals surface area contributed by atoms with Crippen LogP contribution < -0.4 is 14.8 Å². The maximum absolute atomic E-state index is 13.2. The fraction of sp³-hybridized carbons (Fsp3) is 0.312. The number of aromatic nitrogens is 2. The number of carbonyl (C=O) groups is 2. The van der Waals surface area contributed by atoms with Gasteiger partial charge in [0.2, 0.25) is 5.91 Å². The van der Waals surface area contributed by atoms with Crippen LogP contribution >= 0.6 is 0 Å². The van der Waals surface area contributed by atoms with E-state index >= 15 is 0 Å². The molecule has 26 heavy (non-hydrogen) atoms. The molecular formula is C16H13F2N3O5. The number of aliphatic carboxylic acids is 1. The molecule has 0 saturated heterocycles. The molecule has 2 aliphatic heterocycles. The fourth-order valence-corrected chi connectivity index (χ4v) is 3.32. The van der Waals surface area contributed by atoms with E-state index in [2.05, 4.69) is 19.9 Å². The van der Waals surface area contributed by atoms with Crippen LogP contribution in [0.2, 0.25) is 0 Å². The summed E-state index contributed by atoms with van der Waals surface area (Å²) < 4.78 is 36.5. The first-order valence-corrected chi connectivity index (χ1v) is 7.72. The Kier molecular flexibility index (Phi) is 3.40. The molecule has 0 spiro atoms. The molecule has 0 aliphatic carbocycles. The number of hydrogen-bond donors (Lipinski definition) is 2. The number of carbonyl (C=O) groups excluding carboxylic acids is 1. The Morgan fingerprint density at radius 2 is 2.15 bits per heavy atom. The highest BCUT2D eigenvalue weighted by Gasteiger charge is 2.44. The van der Waals surface area contributed by atoms with Crippen molar-refractivity contribution >= 4 is 17.7 Å². The molecular weight excluding hydrogens is 352 g/mol. The van der Waals surface area contributed by atoms with Gasteiger partial charge in [-0.25, -0.2) is 4.68 Å². The van der Waals surface area contributed by atoms with Gasteiger partial charge >= 0.3 is 12.3 Å². The van der Waals surface area contributed by atoms with Crippen molar-refractivity contribution in [1.29, 1.82) is 0 Å². The number of rotatable bonds is 3. The van der Waals surface area contributed by atoms with Crippen molar-refractivity contribution < 1.29 is 33.0 Å². The van der Waals surface area contributed by atoms with Crippen LogP contribution in [0, 0.1) is 6.92 Å². The number of alkyl halides is 2. The Bertz CT molecular complexity index is 940. The summed E-state index contributed by atoms with van der Waals surface area (Å²) in [4.78, 5) is 23.1. The first-order valence-electron chi connectivity index (χ1n) is 7.72. The minimum Gasteiger partial charge on any atom is -0.480 e. The van der Waals surface area contributed by atoms with Crippen LogP contribution in [0.4, 0.5) is 14.6 Å². The highest BCUT2D eigenvalue weighted by Crippen LogP contribution is 2.45. The number of carboxylic acids is 1. The Morgan fingerprint density at radius 3 is 2.88 bits per heavy atom. The van der Waals surface area contributed by atoms with E-state index in [0.717, 1.165) is 0 Å². The number of aryl methyl sites for hydroxylation is 1. The zero-order valence-corrected chi connectivity index (χ0v) is 13.5. The van der Waals surface area contributed by atoms with Crippen LogP contribution in [-0.2, 0) is 16.1 Å². The van der Waals surface area contributed by atoms with Crippen molar-refractivity contribution in [3.8, 4) is 11.5 Å². The molecule has 1 atom stereocenters. The van der Waals surface area contributed by atoms with Crippen molar-refractivity contribution in [2.75, 3.05) is 5.32 Å². The van der Waals surface area contributed by atoms with E-state index in [1.54, 1.807) is 13.0 Å². The Labute approximate surface area is 145 Å². The highest BCUT2D eigenvalue weighted by molar-refractivity contribution is 5.95. The third-order valence-corrected chi connectivity index (χ3v) is 4.28. The zero-order valence-electron chi connectivity index (χ0n) is 13.5. The number of fused-ring (bicyclic) bond motifs is 2. The molecule has 0 saturated carbocycles. The van der Waals surface area contributed by atoms with Crippen LogP contribution in [0.15, 0.2) is 18.2 Å². The third kappa shape index (κ3) is 2.63. The molecule has 1 amide bonds. The predicted octanol–water partition coefficient (Wildman–Crippen LogP) is 2.07. The summed E-state index contributed by atoms with van der Waals surface area (Å²) in [7, 11) is 0. The maximum atomic E-state index is 13.2. The second kappa shape index (κ2) is 5.41. The summed E-state index contributed by atoms with van der Waals surface area (Å²) in [6.07, 6.45) is -3.65. The molecule has 1 aromatic heterocycles.